The Morgan fingerprint density at radius 3 is 2.58 bits per heavy atom. The van der Waals surface area contributed by atoms with Crippen molar-refractivity contribution in [1.82, 2.24) is 9.55 Å². The van der Waals surface area contributed by atoms with Crippen molar-refractivity contribution < 1.29 is 4.74 Å². The largest absolute Gasteiger partial charge is 0.370 e. The summed E-state index contributed by atoms with van der Waals surface area (Å²) in [5, 5.41) is 5.01. The first-order valence-corrected chi connectivity index (χ1v) is 10.9. The molecule has 0 radical (unpaired) electrons. The van der Waals surface area contributed by atoms with Crippen LogP contribution in [-0.2, 0) is 17.8 Å². The highest BCUT2D eigenvalue weighted by Crippen LogP contribution is 2.37. The molecule has 6 nitrogen and oxygen atoms in total. The molecular formula is C24H22N4O2S. The standard InChI is InChI=1S/C24H22N4O2S/c1-24(2)13-18-19(15-30-24)31-21-20(18)22(29)28(17-11-7-4-8-12-17)23(26-21)27-25-14-16-9-5-3-6-10-16/h3-12,14H,13,15H2,1-2H3,(H,26,27)/b25-14-. The molecule has 0 fully saturated rings. The van der Waals surface area contributed by atoms with Gasteiger partial charge in [-0.2, -0.15) is 5.10 Å². The van der Waals surface area contributed by atoms with E-state index < -0.39 is 0 Å². The molecule has 1 N–H and O–H groups in total. The van der Waals surface area contributed by atoms with Gasteiger partial charge in [-0.25, -0.2) is 15.0 Å². The minimum atomic E-state index is -0.304. The van der Waals surface area contributed by atoms with E-state index in [1.165, 1.54) is 11.3 Å². The number of aromatic nitrogens is 2. The second kappa shape index (κ2) is 7.76. The lowest BCUT2D eigenvalue weighted by molar-refractivity contribution is -0.0379. The van der Waals surface area contributed by atoms with E-state index in [4.69, 9.17) is 9.72 Å². The van der Waals surface area contributed by atoms with Crippen LogP contribution in [0.1, 0.15) is 29.9 Å². The summed E-state index contributed by atoms with van der Waals surface area (Å²) in [5.41, 5.74) is 5.34. The zero-order valence-corrected chi connectivity index (χ0v) is 18.1. The Bertz CT molecular complexity index is 1320. The Morgan fingerprint density at radius 2 is 1.84 bits per heavy atom. The number of fused-ring (bicyclic) bond motifs is 3. The Morgan fingerprint density at radius 1 is 1.13 bits per heavy atom. The Balaban J connectivity index is 1.66. The van der Waals surface area contributed by atoms with E-state index in [9.17, 15) is 4.79 Å². The molecule has 0 aliphatic carbocycles. The molecule has 5 rings (SSSR count). The highest BCUT2D eigenvalue weighted by Gasteiger charge is 2.31. The Labute approximate surface area is 183 Å². The number of para-hydroxylation sites is 1. The van der Waals surface area contributed by atoms with Crippen molar-refractivity contribution in [2.45, 2.75) is 32.5 Å². The van der Waals surface area contributed by atoms with Crippen molar-refractivity contribution in [2.24, 2.45) is 5.10 Å². The molecule has 0 unspecified atom stereocenters. The number of rotatable bonds is 4. The van der Waals surface area contributed by atoms with E-state index in [2.05, 4.69) is 24.4 Å². The molecule has 1 aliphatic rings. The molecule has 2 aromatic heterocycles. The average molecular weight is 431 g/mol. The van der Waals surface area contributed by atoms with Crippen LogP contribution >= 0.6 is 11.3 Å². The van der Waals surface area contributed by atoms with Crippen LogP contribution in [0.25, 0.3) is 15.9 Å². The molecule has 0 spiro atoms. The van der Waals surface area contributed by atoms with Crippen LogP contribution in [-0.4, -0.2) is 21.4 Å². The fourth-order valence-electron chi connectivity index (χ4n) is 3.79. The molecule has 0 atom stereocenters. The van der Waals surface area contributed by atoms with Gasteiger partial charge in [-0.15, -0.1) is 11.3 Å². The van der Waals surface area contributed by atoms with Crippen molar-refractivity contribution in [1.29, 1.82) is 0 Å². The first-order valence-electron chi connectivity index (χ1n) is 10.1. The number of hydrazone groups is 1. The lowest BCUT2D eigenvalue weighted by Crippen LogP contribution is -2.32. The lowest BCUT2D eigenvalue weighted by Gasteiger charge is -2.29. The van der Waals surface area contributed by atoms with E-state index in [1.54, 1.807) is 10.8 Å². The smallest absolute Gasteiger partial charge is 0.268 e. The fraction of sp³-hybridized carbons (Fsp3) is 0.208. The van der Waals surface area contributed by atoms with Crippen molar-refractivity contribution >= 4 is 33.7 Å². The van der Waals surface area contributed by atoms with Crippen molar-refractivity contribution in [3.63, 3.8) is 0 Å². The third-order valence-electron chi connectivity index (χ3n) is 5.30. The van der Waals surface area contributed by atoms with E-state index in [1.807, 2.05) is 60.7 Å². The Hall–Kier alpha value is -3.29. The van der Waals surface area contributed by atoms with Gasteiger partial charge in [-0.3, -0.25) is 4.79 Å². The third kappa shape index (κ3) is 3.78. The van der Waals surface area contributed by atoms with Crippen LogP contribution in [0.5, 0.6) is 0 Å². The normalized spacial score (nSPS) is 15.3. The number of ether oxygens (including phenoxy) is 1. The molecule has 31 heavy (non-hydrogen) atoms. The monoisotopic (exact) mass is 430 g/mol. The summed E-state index contributed by atoms with van der Waals surface area (Å²) in [7, 11) is 0. The number of benzene rings is 2. The summed E-state index contributed by atoms with van der Waals surface area (Å²) in [5.74, 6) is 0.384. The molecule has 7 heteroatoms. The Kier molecular flexibility index (Phi) is 4.92. The molecule has 0 saturated carbocycles. The number of nitrogens with zero attached hydrogens (tertiary/aromatic N) is 3. The topological polar surface area (TPSA) is 68.5 Å². The van der Waals surface area contributed by atoms with Gasteiger partial charge in [0.15, 0.2) is 0 Å². The van der Waals surface area contributed by atoms with Crippen LogP contribution < -0.4 is 11.0 Å². The summed E-state index contributed by atoms with van der Waals surface area (Å²) < 4.78 is 7.55. The van der Waals surface area contributed by atoms with Gasteiger partial charge in [-0.1, -0.05) is 48.5 Å². The molecular weight excluding hydrogens is 408 g/mol. The summed E-state index contributed by atoms with van der Waals surface area (Å²) in [6, 6.07) is 19.3. The highest BCUT2D eigenvalue weighted by atomic mass is 32.1. The number of hydrogen-bond donors (Lipinski definition) is 1. The maximum absolute atomic E-state index is 13.7. The van der Waals surface area contributed by atoms with Gasteiger partial charge in [0.2, 0.25) is 5.95 Å². The zero-order chi connectivity index (χ0) is 21.4. The van der Waals surface area contributed by atoms with E-state index in [0.29, 0.717) is 29.2 Å². The van der Waals surface area contributed by atoms with Gasteiger partial charge < -0.3 is 4.74 Å². The number of anilines is 1. The average Bonchev–Trinajstić information content (AvgIpc) is 3.12. The van der Waals surface area contributed by atoms with Crippen molar-refractivity contribution in [3.05, 3.63) is 87.0 Å². The van der Waals surface area contributed by atoms with Gasteiger partial charge >= 0.3 is 0 Å². The molecule has 0 saturated heterocycles. The highest BCUT2D eigenvalue weighted by molar-refractivity contribution is 7.18. The van der Waals surface area contributed by atoms with Crippen LogP contribution in [0.15, 0.2) is 70.6 Å². The lowest BCUT2D eigenvalue weighted by atomic mass is 9.94. The molecule has 3 heterocycles. The second-order valence-corrected chi connectivity index (χ2v) is 9.18. The van der Waals surface area contributed by atoms with E-state index >= 15 is 0 Å². The summed E-state index contributed by atoms with van der Waals surface area (Å²) in [6.45, 7) is 4.61. The zero-order valence-electron chi connectivity index (χ0n) is 17.3. The minimum absolute atomic E-state index is 0.0937. The van der Waals surface area contributed by atoms with Gasteiger partial charge in [-0.05, 0) is 37.1 Å². The first-order chi connectivity index (χ1) is 15.0. The predicted octanol–water partition coefficient (Wildman–Crippen LogP) is 4.74. The number of nitrogens with one attached hydrogen (secondary N) is 1. The summed E-state index contributed by atoms with van der Waals surface area (Å²) in [4.78, 5) is 20.3. The number of thiophene rings is 1. The maximum Gasteiger partial charge on any atom is 0.268 e. The molecule has 156 valence electrons. The van der Waals surface area contributed by atoms with Crippen molar-refractivity contribution in [3.8, 4) is 5.69 Å². The third-order valence-corrected chi connectivity index (χ3v) is 6.40. The van der Waals surface area contributed by atoms with Gasteiger partial charge in [0, 0.05) is 11.3 Å². The molecule has 0 bridgehead atoms. The fourth-order valence-corrected chi connectivity index (χ4v) is 4.88. The quantitative estimate of drug-likeness (QED) is 0.375. The van der Waals surface area contributed by atoms with Crippen LogP contribution in [0.2, 0.25) is 0 Å². The van der Waals surface area contributed by atoms with E-state index in [0.717, 1.165) is 21.7 Å². The van der Waals surface area contributed by atoms with Crippen LogP contribution in [0, 0.1) is 0 Å². The number of hydrogen-bond acceptors (Lipinski definition) is 6. The summed E-state index contributed by atoms with van der Waals surface area (Å²) >= 11 is 1.52. The predicted molar refractivity (Wildman–Crippen MR) is 125 cm³/mol. The van der Waals surface area contributed by atoms with Gasteiger partial charge in [0.05, 0.1) is 29.5 Å². The van der Waals surface area contributed by atoms with Crippen molar-refractivity contribution in [2.75, 3.05) is 5.43 Å². The second-order valence-electron chi connectivity index (χ2n) is 8.10. The molecule has 2 aromatic carbocycles. The summed E-state index contributed by atoms with van der Waals surface area (Å²) in [6.07, 6.45) is 2.40. The molecule has 4 aromatic rings. The first kappa shape index (κ1) is 19.7. The minimum Gasteiger partial charge on any atom is -0.370 e. The van der Waals surface area contributed by atoms with Gasteiger partial charge in [0.1, 0.15) is 4.83 Å². The maximum atomic E-state index is 13.7. The van der Waals surface area contributed by atoms with Crippen LogP contribution in [0.3, 0.4) is 0 Å². The van der Waals surface area contributed by atoms with Crippen LogP contribution in [0.4, 0.5) is 5.95 Å². The van der Waals surface area contributed by atoms with E-state index in [-0.39, 0.29) is 11.2 Å². The SMILES string of the molecule is CC1(C)Cc2c(sc3nc(N/N=C\c4ccccc4)n(-c4ccccc4)c(=O)c23)CO1. The molecule has 0 amide bonds. The van der Waals surface area contributed by atoms with Gasteiger partial charge in [0.25, 0.3) is 5.56 Å². The molecule has 1 aliphatic heterocycles.